The van der Waals surface area contributed by atoms with Crippen molar-refractivity contribution in [1.82, 2.24) is 29.9 Å². The summed E-state index contributed by atoms with van der Waals surface area (Å²) in [7, 11) is 0. The Hall–Kier alpha value is -3.33. The van der Waals surface area contributed by atoms with E-state index < -0.39 is 11.6 Å². The third-order valence-corrected chi connectivity index (χ3v) is 5.27. The predicted octanol–water partition coefficient (Wildman–Crippen LogP) is 4.60. The molecule has 1 saturated heterocycles. The van der Waals surface area contributed by atoms with Crippen LogP contribution in [0.15, 0.2) is 43.1 Å². The van der Waals surface area contributed by atoms with E-state index >= 15 is 0 Å². The molecule has 1 aliphatic rings. The SMILES string of the molecule is C[C@H]1CCCCN1.Cc1cc(-c2cnc(Nc3cn[nH]c3)c3nccn23)c(F)cc1F. The maximum absolute atomic E-state index is 14.2. The molecular weight excluding hydrogens is 400 g/mol. The second-order valence-corrected chi connectivity index (χ2v) is 7.66. The van der Waals surface area contributed by atoms with Gasteiger partial charge in [0.05, 0.1) is 23.8 Å². The van der Waals surface area contributed by atoms with Crippen LogP contribution in [0, 0.1) is 18.6 Å². The Bertz CT molecular complexity index is 1150. The van der Waals surface area contributed by atoms with Crippen LogP contribution in [-0.4, -0.2) is 37.2 Å². The Kier molecular flexibility index (Phi) is 6.22. The summed E-state index contributed by atoms with van der Waals surface area (Å²) in [5, 5.41) is 13.0. The molecule has 4 aromatic rings. The van der Waals surface area contributed by atoms with Gasteiger partial charge in [0.2, 0.25) is 0 Å². The largest absolute Gasteiger partial charge is 0.335 e. The lowest BCUT2D eigenvalue weighted by atomic mass is 10.1. The zero-order chi connectivity index (χ0) is 21.8. The number of aromatic amines is 1. The molecule has 0 spiro atoms. The molecule has 31 heavy (non-hydrogen) atoms. The molecular formula is C22H25F2N7. The Morgan fingerprint density at radius 3 is 2.68 bits per heavy atom. The number of aromatic nitrogens is 5. The summed E-state index contributed by atoms with van der Waals surface area (Å²) in [4.78, 5) is 8.59. The van der Waals surface area contributed by atoms with Gasteiger partial charge in [-0.2, -0.15) is 5.10 Å². The van der Waals surface area contributed by atoms with Gasteiger partial charge in [-0.15, -0.1) is 0 Å². The number of rotatable bonds is 3. The predicted molar refractivity (Wildman–Crippen MR) is 116 cm³/mol. The lowest BCUT2D eigenvalue weighted by molar-refractivity contribution is 0.425. The first kappa shape index (κ1) is 20.9. The van der Waals surface area contributed by atoms with E-state index in [0.717, 1.165) is 17.8 Å². The second kappa shape index (κ2) is 9.22. The van der Waals surface area contributed by atoms with Gasteiger partial charge in [-0.05, 0) is 44.9 Å². The molecule has 162 valence electrons. The van der Waals surface area contributed by atoms with Crippen LogP contribution in [0.1, 0.15) is 31.7 Å². The van der Waals surface area contributed by atoms with Crippen LogP contribution in [0.25, 0.3) is 16.9 Å². The van der Waals surface area contributed by atoms with Gasteiger partial charge < -0.3 is 10.6 Å². The maximum atomic E-state index is 14.2. The van der Waals surface area contributed by atoms with Crippen LogP contribution < -0.4 is 10.6 Å². The minimum absolute atomic E-state index is 0.263. The Morgan fingerprint density at radius 2 is 2.00 bits per heavy atom. The molecule has 1 fully saturated rings. The summed E-state index contributed by atoms with van der Waals surface area (Å²) in [5.41, 5.74) is 2.36. The van der Waals surface area contributed by atoms with Gasteiger partial charge in [0.15, 0.2) is 11.5 Å². The number of piperidine rings is 1. The van der Waals surface area contributed by atoms with Crippen molar-refractivity contribution in [3.8, 4) is 11.3 Å². The molecule has 3 N–H and O–H groups in total. The highest BCUT2D eigenvalue weighted by Gasteiger charge is 2.15. The standard InChI is InChI=1S/C16H12F2N6.C6H13N/c1-9-4-11(13(18)5-12(9)17)14-8-20-15(16-19-2-3-24(14)16)23-10-6-21-22-7-10;1-6-4-2-3-5-7-6/h2-8H,1H3,(H,20,23)(H,21,22);6-7H,2-5H2,1H3/t;6-/m.0/s1. The number of benzene rings is 1. The number of aryl methyl sites for hydroxylation is 1. The average Bonchev–Trinajstić information content (AvgIpc) is 3.45. The molecule has 1 aromatic carbocycles. The fourth-order valence-electron chi connectivity index (χ4n) is 3.54. The zero-order valence-corrected chi connectivity index (χ0v) is 17.5. The molecule has 7 nitrogen and oxygen atoms in total. The van der Waals surface area contributed by atoms with E-state index in [1.54, 1.807) is 36.1 Å². The zero-order valence-electron chi connectivity index (χ0n) is 17.5. The van der Waals surface area contributed by atoms with Gasteiger partial charge >= 0.3 is 0 Å². The molecule has 0 unspecified atom stereocenters. The van der Waals surface area contributed by atoms with Crippen LogP contribution in [0.5, 0.6) is 0 Å². The highest BCUT2D eigenvalue weighted by atomic mass is 19.1. The van der Waals surface area contributed by atoms with Crippen molar-refractivity contribution in [3.63, 3.8) is 0 Å². The van der Waals surface area contributed by atoms with Crippen molar-refractivity contribution >= 4 is 17.2 Å². The Labute approximate surface area is 178 Å². The second-order valence-electron chi connectivity index (χ2n) is 7.66. The Balaban J connectivity index is 0.000000282. The molecule has 5 rings (SSSR count). The van der Waals surface area contributed by atoms with Crippen molar-refractivity contribution in [2.45, 2.75) is 39.2 Å². The molecule has 0 bridgehead atoms. The van der Waals surface area contributed by atoms with E-state index in [9.17, 15) is 8.78 Å². The quantitative estimate of drug-likeness (QED) is 0.447. The fraction of sp³-hybridized carbons (Fsp3) is 0.318. The van der Waals surface area contributed by atoms with Crippen molar-refractivity contribution < 1.29 is 8.78 Å². The van der Waals surface area contributed by atoms with Gasteiger partial charge in [-0.25, -0.2) is 18.7 Å². The number of hydrogen-bond acceptors (Lipinski definition) is 5. The van der Waals surface area contributed by atoms with Crippen LogP contribution >= 0.6 is 0 Å². The van der Waals surface area contributed by atoms with E-state index in [1.165, 1.54) is 38.1 Å². The van der Waals surface area contributed by atoms with Crippen molar-refractivity contribution in [1.29, 1.82) is 0 Å². The van der Waals surface area contributed by atoms with Crippen LogP contribution in [0.2, 0.25) is 0 Å². The van der Waals surface area contributed by atoms with E-state index in [0.29, 0.717) is 22.7 Å². The van der Waals surface area contributed by atoms with Crippen molar-refractivity contribution in [3.05, 3.63) is 60.3 Å². The van der Waals surface area contributed by atoms with Gasteiger partial charge in [0, 0.05) is 36.3 Å². The summed E-state index contributed by atoms with van der Waals surface area (Å²) in [5.74, 6) is -0.723. The summed E-state index contributed by atoms with van der Waals surface area (Å²) < 4.78 is 29.4. The third-order valence-electron chi connectivity index (χ3n) is 5.27. The van der Waals surface area contributed by atoms with E-state index in [-0.39, 0.29) is 5.56 Å². The van der Waals surface area contributed by atoms with Gasteiger partial charge in [-0.3, -0.25) is 9.50 Å². The normalized spacial score (nSPS) is 16.1. The minimum atomic E-state index is -0.648. The third kappa shape index (κ3) is 4.72. The first-order valence-electron chi connectivity index (χ1n) is 10.3. The van der Waals surface area contributed by atoms with E-state index in [2.05, 4.69) is 37.7 Å². The molecule has 3 aromatic heterocycles. The number of anilines is 2. The summed E-state index contributed by atoms with van der Waals surface area (Å²) >= 11 is 0. The number of H-pyrrole nitrogens is 1. The average molecular weight is 425 g/mol. The molecule has 0 radical (unpaired) electrons. The van der Waals surface area contributed by atoms with Gasteiger partial charge in [-0.1, -0.05) is 6.42 Å². The number of fused-ring (bicyclic) bond motifs is 1. The monoisotopic (exact) mass is 425 g/mol. The van der Waals surface area contributed by atoms with E-state index in [4.69, 9.17) is 0 Å². The Morgan fingerprint density at radius 1 is 1.13 bits per heavy atom. The molecule has 0 aliphatic carbocycles. The topological polar surface area (TPSA) is 82.9 Å². The lowest BCUT2D eigenvalue weighted by Gasteiger charge is -2.18. The fourth-order valence-corrected chi connectivity index (χ4v) is 3.54. The number of halogens is 2. The van der Waals surface area contributed by atoms with Crippen molar-refractivity contribution in [2.75, 3.05) is 11.9 Å². The highest BCUT2D eigenvalue weighted by molar-refractivity contribution is 5.74. The maximum Gasteiger partial charge on any atom is 0.180 e. The summed E-state index contributed by atoms with van der Waals surface area (Å²) in [6.45, 7) is 5.08. The molecule has 0 saturated carbocycles. The molecule has 4 heterocycles. The number of imidazole rings is 1. The number of hydrogen-bond donors (Lipinski definition) is 3. The highest BCUT2D eigenvalue weighted by Crippen LogP contribution is 2.28. The first-order valence-corrected chi connectivity index (χ1v) is 10.3. The van der Waals surface area contributed by atoms with E-state index in [1.807, 2.05) is 0 Å². The van der Waals surface area contributed by atoms with Crippen molar-refractivity contribution in [2.24, 2.45) is 0 Å². The summed E-state index contributed by atoms with van der Waals surface area (Å²) in [6.07, 6.45) is 12.3. The molecule has 0 amide bonds. The van der Waals surface area contributed by atoms with Crippen LogP contribution in [0.4, 0.5) is 20.3 Å². The van der Waals surface area contributed by atoms with Gasteiger partial charge in [0.25, 0.3) is 0 Å². The molecule has 1 aliphatic heterocycles. The van der Waals surface area contributed by atoms with Crippen LogP contribution in [0.3, 0.4) is 0 Å². The molecule has 1 atom stereocenters. The number of nitrogens with one attached hydrogen (secondary N) is 3. The minimum Gasteiger partial charge on any atom is -0.335 e. The number of nitrogens with zero attached hydrogens (tertiary/aromatic N) is 4. The lowest BCUT2D eigenvalue weighted by Crippen LogP contribution is -2.30. The molecule has 9 heteroatoms. The summed E-state index contributed by atoms with van der Waals surface area (Å²) in [6, 6.07) is 3.13. The first-order chi connectivity index (χ1) is 15.0. The van der Waals surface area contributed by atoms with Gasteiger partial charge in [0.1, 0.15) is 11.6 Å². The smallest absolute Gasteiger partial charge is 0.180 e. The van der Waals surface area contributed by atoms with Crippen LogP contribution in [-0.2, 0) is 0 Å².